The van der Waals surface area contributed by atoms with Gasteiger partial charge in [0.25, 0.3) is 0 Å². The van der Waals surface area contributed by atoms with Crippen LogP contribution in [0.4, 0.5) is 0 Å². The molecule has 88 valence electrons. The van der Waals surface area contributed by atoms with Crippen molar-refractivity contribution in [2.24, 2.45) is 29.6 Å². The van der Waals surface area contributed by atoms with Crippen molar-refractivity contribution in [3.63, 3.8) is 0 Å². The summed E-state index contributed by atoms with van der Waals surface area (Å²) in [5, 5.41) is 12.7. The molecule has 4 rings (SSSR count). The quantitative estimate of drug-likeness (QED) is 0.790. The molecule has 4 saturated carbocycles. The zero-order valence-electron chi connectivity index (χ0n) is 10.2. The summed E-state index contributed by atoms with van der Waals surface area (Å²) < 4.78 is 0. The van der Waals surface area contributed by atoms with Crippen molar-refractivity contribution in [3.05, 3.63) is 0 Å². The molecule has 0 amide bonds. The predicted octanol–water partition coefficient (Wildman–Crippen LogP) is 2.56. The molecule has 4 aliphatic rings. The normalized spacial score (nSPS) is 46.6. The van der Waals surface area contributed by atoms with Crippen LogP contribution >= 0.6 is 0 Å². The Balaban J connectivity index is 1.78. The largest absolute Gasteiger partial charge is 0.302 e. The summed E-state index contributed by atoms with van der Waals surface area (Å²) in [6, 6.07) is 2.64. The molecule has 2 nitrogen and oxygen atoms in total. The fraction of sp³-hybridized carbons (Fsp3) is 0.929. The first-order valence-electron chi connectivity index (χ1n) is 6.94. The lowest BCUT2D eigenvalue weighted by atomic mass is 9.50. The Morgan fingerprint density at radius 3 is 2.12 bits per heavy atom. The van der Waals surface area contributed by atoms with Crippen LogP contribution in [0, 0.1) is 40.9 Å². The van der Waals surface area contributed by atoms with Crippen molar-refractivity contribution in [2.75, 3.05) is 6.54 Å². The molecule has 0 spiro atoms. The molecule has 0 radical (unpaired) electrons. The Kier molecular flexibility index (Phi) is 2.67. The summed E-state index contributed by atoms with van der Waals surface area (Å²) >= 11 is 0. The summed E-state index contributed by atoms with van der Waals surface area (Å²) in [7, 11) is 0. The molecular weight excluding hydrogens is 196 g/mol. The zero-order valence-corrected chi connectivity index (χ0v) is 10.2. The summed E-state index contributed by atoms with van der Waals surface area (Å²) in [5.41, 5.74) is 0. The van der Waals surface area contributed by atoms with Gasteiger partial charge in [0.15, 0.2) is 0 Å². The van der Waals surface area contributed by atoms with Crippen molar-refractivity contribution >= 4 is 0 Å². The first-order valence-corrected chi connectivity index (χ1v) is 6.94. The molecule has 0 aromatic heterocycles. The van der Waals surface area contributed by atoms with Crippen molar-refractivity contribution in [3.8, 4) is 6.07 Å². The number of hydrogen-bond acceptors (Lipinski definition) is 2. The molecule has 0 aromatic rings. The first-order chi connectivity index (χ1) is 7.81. The minimum Gasteiger partial charge on any atom is -0.302 e. The Bertz CT molecular complexity index is 276. The molecule has 2 heteroatoms. The van der Waals surface area contributed by atoms with E-state index in [9.17, 15) is 5.26 Å². The van der Waals surface area contributed by atoms with Gasteiger partial charge in [0.1, 0.15) is 0 Å². The van der Waals surface area contributed by atoms with Crippen molar-refractivity contribution in [2.45, 2.75) is 45.1 Å². The lowest BCUT2D eigenvalue weighted by Crippen LogP contribution is -2.52. The maximum Gasteiger partial charge on any atom is 0.0986 e. The average molecular weight is 218 g/mol. The highest BCUT2D eigenvalue weighted by atomic mass is 14.9. The van der Waals surface area contributed by atoms with Gasteiger partial charge in [-0.15, -0.1) is 0 Å². The third-order valence-electron chi connectivity index (χ3n) is 5.25. The van der Waals surface area contributed by atoms with Crippen LogP contribution in [0.15, 0.2) is 0 Å². The molecule has 1 N–H and O–H groups in total. The molecule has 16 heavy (non-hydrogen) atoms. The van der Waals surface area contributed by atoms with Crippen LogP contribution in [0.3, 0.4) is 0 Å². The van der Waals surface area contributed by atoms with Crippen LogP contribution in [-0.2, 0) is 0 Å². The first kappa shape index (κ1) is 10.6. The second-order valence-electron chi connectivity index (χ2n) is 6.17. The van der Waals surface area contributed by atoms with E-state index in [0.29, 0.717) is 5.92 Å². The third kappa shape index (κ3) is 1.57. The summed E-state index contributed by atoms with van der Waals surface area (Å²) in [5.74, 6) is 4.41. The Morgan fingerprint density at radius 2 is 1.69 bits per heavy atom. The van der Waals surface area contributed by atoms with Gasteiger partial charge in [-0.05, 0) is 68.2 Å². The molecule has 4 fully saturated rings. The molecule has 0 aliphatic heterocycles. The van der Waals surface area contributed by atoms with Crippen LogP contribution in [0.25, 0.3) is 0 Å². The van der Waals surface area contributed by atoms with Crippen LogP contribution in [0.1, 0.15) is 39.0 Å². The van der Waals surface area contributed by atoms with Crippen LogP contribution in [0.5, 0.6) is 0 Å². The van der Waals surface area contributed by atoms with Crippen LogP contribution in [0.2, 0.25) is 0 Å². The van der Waals surface area contributed by atoms with E-state index < -0.39 is 0 Å². The van der Waals surface area contributed by atoms with E-state index in [1.54, 1.807) is 0 Å². The van der Waals surface area contributed by atoms with E-state index in [0.717, 1.165) is 30.2 Å². The van der Waals surface area contributed by atoms with E-state index in [1.807, 2.05) is 0 Å². The monoisotopic (exact) mass is 218 g/mol. The molecule has 0 heterocycles. The Labute approximate surface area is 98.4 Å². The molecule has 0 aromatic carbocycles. The van der Waals surface area contributed by atoms with Crippen LogP contribution < -0.4 is 5.32 Å². The second-order valence-corrected chi connectivity index (χ2v) is 6.17. The number of nitrogens with zero attached hydrogens (tertiary/aromatic N) is 1. The molecule has 4 bridgehead atoms. The van der Waals surface area contributed by atoms with E-state index in [1.165, 1.54) is 32.1 Å². The van der Waals surface area contributed by atoms with E-state index in [4.69, 9.17) is 0 Å². The predicted molar refractivity (Wildman–Crippen MR) is 63.6 cm³/mol. The van der Waals surface area contributed by atoms with Crippen molar-refractivity contribution < 1.29 is 0 Å². The molecule has 4 aliphatic carbocycles. The van der Waals surface area contributed by atoms with Crippen molar-refractivity contribution in [1.29, 1.82) is 5.26 Å². The highest BCUT2D eigenvalue weighted by molar-refractivity contribution is 5.07. The van der Waals surface area contributed by atoms with Gasteiger partial charge in [-0.25, -0.2) is 0 Å². The smallest absolute Gasteiger partial charge is 0.0986 e. The molecule has 0 saturated heterocycles. The minimum atomic E-state index is 0.125. The highest BCUT2D eigenvalue weighted by Gasteiger charge is 2.50. The summed E-state index contributed by atoms with van der Waals surface area (Å²) in [6.07, 6.45) is 7.17. The minimum absolute atomic E-state index is 0.125. The van der Waals surface area contributed by atoms with Gasteiger partial charge in [0.05, 0.1) is 12.1 Å². The molecular formula is C14H22N2. The zero-order chi connectivity index (χ0) is 11.1. The number of nitrogens with one attached hydrogen (secondary N) is 1. The summed E-state index contributed by atoms with van der Waals surface area (Å²) in [6.45, 7) is 3.04. The number of rotatable bonds is 3. The second kappa shape index (κ2) is 4.04. The van der Waals surface area contributed by atoms with Gasteiger partial charge in [0.2, 0.25) is 0 Å². The maximum absolute atomic E-state index is 9.33. The highest BCUT2D eigenvalue weighted by Crippen LogP contribution is 2.57. The van der Waals surface area contributed by atoms with Gasteiger partial charge >= 0.3 is 0 Å². The average Bonchev–Trinajstić information content (AvgIpc) is 2.26. The lowest BCUT2D eigenvalue weighted by Gasteiger charge is -2.55. The fourth-order valence-corrected chi connectivity index (χ4v) is 5.00. The van der Waals surface area contributed by atoms with Gasteiger partial charge in [-0.1, -0.05) is 6.92 Å². The van der Waals surface area contributed by atoms with Crippen LogP contribution in [-0.4, -0.2) is 12.6 Å². The molecule has 1 unspecified atom stereocenters. The topological polar surface area (TPSA) is 35.8 Å². The van der Waals surface area contributed by atoms with Gasteiger partial charge in [-0.3, -0.25) is 0 Å². The van der Waals surface area contributed by atoms with E-state index in [2.05, 4.69) is 18.3 Å². The fourth-order valence-electron chi connectivity index (χ4n) is 5.00. The number of hydrogen-bond donors (Lipinski definition) is 1. The maximum atomic E-state index is 9.33. The Hall–Kier alpha value is -0.550. The van der Waals surface area contributed by atoms with Crippen molar-refractivity contribution in [1.82, 2.24) is 5.32 Å². The molecule has 1 atom stereocenters. The SMILES string of the molecule is CCNC(C#N)C1C2CC3CC(C2)CC1C3. The van der Waals surface area contributed by atoms with E-state index in [-0.39, 0.29) is 6.04 Å². The summed E-state index contributed by atoms with van der Waals surface area (Å²) in [4.78, 5) is 0. The third-order valence-corrected chi connectivity index (χ3v) is 5.25. The van der Waals surface area contributed by atoms with Gasteiger partial charge in [0, 0.05) is 0 Å². The van der Waals surface area contributed by atoms with Gasteiger partial charge in [-0.2, -0.15) is 5.26 Å². The standard InChI is InChI=1S/C14H22N2/c1-2-16-13(8-15)14-11-4-9-3-10(6-11)7-12(14)5-9/h9-14,16H,2-7H2,1H3. The lowest BCUT2D eigenvalue weighted by molar-refractivity contribution is -0.0441. The van der Waals surface area contributed by atoms with E-state index >= 15 is 0 Å². The number of nitriles is 1. The van der Waals surface area contributed by atoms with Gasteiger partial charge < -0.3 is 5.32 Å². The Morgan fingerprint density at radius 1 is 1.12 bits per heavy atom.